The van der Waals surface area contributed by atoms with Crippen LogP contribution in [0.1, 0.15) is 51.8 Å². The van der Waals surface area contributed by atoms with Gasteiger partial charge in [0.05, 0.1) is 11.1 Å². The van der Waals surface area contributed by atoms with Crippen LogP contribution in [0.5, 0.6) is 5.88 Å². The molecule has 1 aliphatic rings. The number of nitrogens with zero attached hydrogens (tertiary/aromatic N) is 7. The lowest BCUT2D eigenvalue weighted by Gasteiger charge is -2.30. The Kier molecular flexibility index (Phi) is 7.16. The van der Waals surface area contributed by atoms with Gasteiger partial charge in [0.2, 0.25) is 11.8 Å². The minimum atomic E-state index is -4.20. The molecule has 1 saturated heterocycles. The highest BCUT2D eigenvalue weighted by Crippen LogP contribution is 2.28. The summed E-state index contributed by atoms with van der Waals surface area (Å²) in [6.45, 7) is 6.84. The van der Waals surface area contributed by atoms with Crippen LogP contribution in [-0.2, 0) is 14.8 Å². The number of nitrogens with one attached hydrogen (secondary N) is 1. The van der Waals surface area contributed by atoms with Crippen LogP contribution in [0.2, 0.25) is 0 Å². The third kappa shape index (κ3) is 5.39. The van der Waals surface area contributed by atoms with Crippen LogP contribution < -0.4 is 14.4 Å². The Hall–Kier alpha value is -4.14. The average Bonchev–Trinajstić information content (AvgIpc) is 3.58. The average molecular weight is 559 g/mol. The third-order valence-electron chi connectivity index (χ3n) is 6.29. The molecule has 4 aromatic rings. The van der Waals surface area contributed by atoms with Crippen molar-refractivity contribution in [1.29, 1.82) is 0 Å². The number of hydrogen-bond acceptors (Lipinski definition) is 11. The van der Waals surface area contributed by atoms with Gasteiger partial charge in [0.1, 0.15) is 29.3 Å². The molecular formula is C24H27FN8O5S. The number of hydrogen-bond donors (Lipinski definition) is 1. The van der Waals surface area contributed by atoms with Gasteiger partial charge in [-0.3, -0.25) is 4.79 Å². The zero-order valence-corrected chi connectivity index (χ0v) is 22.4. The van der Waals surface area contributed by atoms with E-state index in [2.05, 4.69) is 25.2 Å². The van der Waals surface area contributed by atoms with Crippen LogP contribution in [0.25, 0.3) is 16.7 Å². The number of aromatic nitrogens is 6. The molecule has 1 aromatic carbocycles. The summed E-state index contributed by atoms with van der Waals surface area (Å²) in [6, 6.07) is 3.77. The monoisotopic (exact) mass is 558 g/mol. The number of carbonyl (C=O) groups excluding carboxylic acids is 1. The van der Waals surface area contributed by atoms with Crippen molar-refractivity contribution in [3.8, 4) is 11.6 Å². The lowest BCUT2D eigenvalue weighted by atomic mass is 10.1. The van der Waals surface area contributed by atoms with Gasteiger partial charge in [-0.1, -0.05) is 25.9 Å². The molecular weight excluding hydrogens is 531 g/mol. The fourth-order valence-electron chi connectivity index (χ4n) is 4.11. The smallest absolute Gasteiger partial charge is 0.324 e. The molecule has 0 radical (unpaired) electrons. The maximum Gasteiger partial charge on any atom is 0.324 e. The van der Waals surface area contributed by atoms with E-state index < -0.39 is 21.7 Å². The Balaban J connectivity index is 1.32. The molecule has 0 spiro atoms. The van der Waals surface area contributed by atoms with E-state index in [1.807, 2.05) is 23.5 Å². The second kappa shape index (κ2) is 10.6. The normalized spacial score (nSPS) is 14.7. The standard InChI is InChI=1S/C24H27FN8O5S/c1-4-20(34)31-39(35,36)16-5-6-19(18(25)11-16)33-22-17(12-28-33)23(27-13-26-22)37-15-7-9-32(10-8-15)24-29-21(14(2)3)30-38-24/h5-6,11-15H,4,7-10H2,1-3H3,(H,31,34). The second-order valence-corrected chi connectivity index (χ2v) is 11.0. The second-order valence-electron chi connectivity index (χ2n) is 9.36. The SMILES string of the molecule is CCC(=O)NS(=O)(=O)c1ccc(-n2ncc3c(OC4CCN(c5nc(C(C)C)no5)CC4)ncnc32)c(F)c1. The number of piperidine rings is 1. The highest BCUT2D eigenvalue weighted by atomic mass is 32.2. The van der Waals surface area contributed by atoms with Gasteiger partial charge in [-0.25, -0.2) is 32.2 Å². The lowest BCUT2D eigenvalue weighted by Crippen LogP contribution is -2.38. The Labute approximate surface area is 223 Å². The van der Waals surface area contributed by atoms with E-state index in [1.165, 1.54) is 36.3 Å². The maximum absolute atomic E-state index is 15.1. The maximum atomic E-state index is 15.1. The Morgan fingerprint density at radius 3 is 2.69 bits per heavy atom. The van der Waals surface area contributed by atoms with E-state index in [9.17, 15) is 13.2 Å². The summed E-state index contributed by atoms with van der Waals surface area (Å²) in [4.78, 5) is 26.1. The van der Waals surface area contributed by atoms with Crippen LogP contribution in [0.3, 0.4) is 0 Å². The number of sulfonamides is 1. The van der Waals surface area contributed by atoms with E-state index in [1.54, 1.807) is 0 Å². The first-order chi connectivity index (χ1) is 18.7. The minimum Gasteiger partial charge on any atom is -0.474 e. The predicted octanol–water partition coefficient (Wildman–Crippen LogP) is 2.72. The van der Waals surface area contributed by atoms with Gasteiger partial charge in [-0.2, -0.15) is 10.1 Å². The summed E-state index contributed by atoms with van der Waals surface area (Å²) < 4.78 is 54.5. The van der Waals surface area contributed by atoms with Gasteiger partial charge >= 0.3 is 6.01 Å². The van der Waals surface area contributed by atoms with Gasteiger partial charge in [-0.15, -0.1) is 0 Å². The molecule has 39 heavy (non-hydrogen) atoms. The zero-order valence-electron chi connectivity index (χ0n) is 21.5. The van der Waals surface area contributed by atoms with Crippen LogP contribution in [0.4, 0.5) is 10.4 Å². The quantitative estimate of drug-likeness (QED) is 0.339. The number of anilines is 1. The van der Waals surface area contributed by atoms with Gasteiger partial charge in [-0.05, 0) is 18.2 Å². The van der Waals surface area contributed by atoms with Crippen molar-refractivity contribution in [3.05, 3.63) is 42.4 Å². The molecule has 1 N–H and O–H groups in total. The molecule has 13 nitrogen and oxygen atoms in total. The first kappa shape index (κ1) is 26.5. The minimum absolute atomic E-state index is 0.0240. The molecule has 0 saturated carbocycles. The Bertz CT molecular complexity index is 1610. The molecule has 206 valence electrons. The molecule has 0 atom stereocenters. The van der Waals surface area contributed by atoms with Crippen LogP contribution in [-0.4, -0.2) is 63.4 Å². The van der Waals surface area contributed by atoms with Crippen molar-refractivity contribution in [1.82, 2.24) is 34.6 Å². The van der Waals surface area contributed by atoms with Crippen LogP contribution in [0, 0.1) is 5.82 Å². The number of fused-ring (bicyclic) bond motifs is 1. The van der Waals surface area contributed by atoms with E-state index in [4.69, 9.17) is 9.26 Å². The van der Waals surface area contributed by atoms with Crippen molar-refractivity contribution in [2.75, 3.05) is 18.0 Å². The molecule has 0 unspecified atom stereocenters. The van der Waals surface area contributed by atoms with Crippen LogP contribution >= 0.6 is 0 Å². The van der Waals surface area contributed by atoms with Crippen LogP contribution in [0.15, 0.2) is 40.1 Å². The fourth-order valence-corrected chi connectivity index (χ4v) is 5.18. The summed E-state index contributed by atoms with van der Waals surface area (Å²) in [5.41, 5.74) is 0.266. The van der Waals surface area contributed by atoms with Crippen molar-refractivity contribution in [2.45, 2.75) is 57.0 Å². The molecule has 3 aromatic heterocycles. The van der Waals surface area contributed by atoms with Crippen molar-refractivity contribution in [2.24, 2.45) is 0 Å². The number of benzene rings is 1. The number of halogens is 1. The van der Waals surface area contributed by atoms with Crippen molar-refractivity contribution >= 4 is 33.0 Å². The molecule has 15 heteroatoms. The lowest BCUT2D eigenvalue weighted by molar-refractivity contribution is -0.119. The molecule has 5 rings (SSSR count). The summed E-state index contributed by atoms with van der Waals surface area (Å²) in [6.07, 6.45) is 4.00. The molecule has 1 fully saturated rings. The molecule has 1 aliphatic heterocycles. The number of ether oxygens (including phenoxy) is 1. The van der Waals surface area contributed by atoms with E-state index in [0.717, 1.165) is 6.07 Å². The summed E-state index contributed by atoms with van der Waals surface area (Å²) in [7, 11) is -4.20. The third-order valence-corrected chi connectivity index (χ3v) is 7.67. The van der Waals surface area contributed by atoms with Gasteiger partial charge in [0.25, 0.3) is 10.0 Å². The van der Waals surface area contributed by atoms with Gasteiger partial charge in [0.15, 0.2) is 11.5 Å². The Morgan fingerprint density at radius 1 is 1.26 bits per heavy atom. The summed E-state index contributed by atoms with van der Waals surface area (Å²) in [5, 5.41) is 8.74. The zero-order chi connectivity index (χ0) is 27.7. The van der Waals surface area contributed by atoms with Crippen molar-refractivity contribution < 1.29 is 26.9 Å². The first-order valence-corrected chi connectivity index (χ1v) is 13.9. The summed E-state index contributed by atoms with van der Waals surface area (Å²) >= 11 is 0. The fraction of sp³-hybridized carbons (Fsp3) is 0.417. The Morgan fingerprint density at radius 2 is 2.03 bits per heavy atom. The first-order valence-electron chi connectivity index (χ1n) is 12.5. The highest BCUT2D eigenvalue weighted by molar-refractivity contribution is 7.90. The van der Waals surface area contributed by atoms with E-state index >= 15 is 4.39 Å². The summed E-state index contributed by atoms with van der Waals surface area (Å²) in [5.74, 6) is -0.395. The van der Waals surface area contributed by atoms with E-state index in [-0.39, 0.29) is 29.0 Å². The largest absolute Gasteiger partial charge is 0.474 e. The number of amides is 1. The molecule has 0 aliphatic carbocycles. The van der Waals surface area contributed by atoms with Gasteiger partial charge in [0, 0.05) is 38.3 Å². The predicted molar refractivity (Wildman–Crippen MR) is 136 cm³/mol. The van der Waals surface area contributed by atoms with Crippen molar-refractivity contribution in [3.63, 3.8) is 0 Å². The topological polar surface area (TPSA) is 158 Å². The van der Waals surface area contributed by atoms with E-state index in [0.29, 0.717) is 54.7 Å². The number of carbonyl (C=O) groups is 1. The van der Waals surface area contributed by atoms with Gasteiger partial charge < -0.3 is 14.2 Å². The molecule has 1 amide bonds. The number of rotatable bonds is 8. The highest BCUT2D eigenvalue weighted by Gasteiger charge is 2.26. The molecule has 0 bridgehead atoms. The molecule has 4 heterocycles.